The van der Waals surface area contributed by atoms with Crippen LogP contribution in [-0.4, -0.2) is 0 Å². The Hall–Kier alpha value is -2.54. The van der Waals surface area contributed by atoms with Crippen LogP contribution in [-0.2, 0) is 0 Å². The lowest BCUT2D eigenvalue weighted by Crippen LogP contribution is -1.87. The first kappa shape index (κ1) is 15.0. The van der Waals surface area contributed by atoms with Gasteiger partial charge >= 0.3 is 0 Å². The average Bonchev–Trinajstić information content (AvgIpc) is 3.39. The van der Waals surface area contributed by atoms with Crippen molar-refractivity contribution in [2.45, 2.75) is 32.1 Å². The molecule has 0 aromatic heterocycles. The standard InChI is InChI=1S/C23H22O/c1-16-3-7-18(8-4-16)22-15-23(22)19-9-13-21(14-10-19)24-20-11-5-17(2)6-12-20/h3-14,22-23H,15H2,1-2H3. The van der Waals surface area contributed by atoms with Gasteiger partial charge in [-0.15, -0.1) is 0 Å². The molecule has 0 aliphatic heterocycles. The van der Waals surface area contributed by atoms with Crippen LogP contribution in [0.4, 0.5) is 0 Å². The minimum atomic E-state index is 0.654. The smallest absolute Gasteiger partial charge is 0.127 e. The Labute approximate surface area is 143 Å². The zero-order valence-electron chi connectivity index (χ0n) is 14.2. The van der Waals surface area contributed by atoms with Crippen molar-refractivity contribution in [1.29, 1.82) is 0 Å². The summed E-state index contributed by atoms with van der Waals surface area (Å²) < 4.78 is 5.91. The van der Waals surface area contributed by atoms with Gasteiger partial charge in [-0.1, -0.05) is 59.7 Å². The molecule has 1 saturated carbocycles. The fraction of sp³-hybridized carbons (Fsp3) is 0.217. The Balaban J connectivity index is 1.43. The van der Waals surface area contributed by atoms with E-state index in [9.17, 15) is 0 Å². The monoisotopic (exact) mass is 314 g/mol. The van der Waals surface area contributed by atoms with Gasteiger partial charge in [0.05, 0.1) is 0 Å². The Morgan fingerprint density at radius 3 is 1.46 bits per heavy atom. The third-order valence-electron chi connectivity index (χ3n) is 4.86. The molecule has 1 aliphatic carbocycles. The van der Waals surface area contributed by atoms with Gasteiger partial charge in [-0.2, -0.15) is 0 Å². The maximum absolute atomic E-state index is 5.91. The van der Waals surface area contributed by atoms with E-state index in [0.717, 1.165) is 11.5 Å². The van der Waals surface area contributed by atoms with Gasteiger partial charge in [0.2, 0.25) is 0 Å². The molecule has 3 aromatic rings. The minimum absolute atomic E-state index is 0.654. The number of hydrogen-bond acceptors (Lipinski definition) is 1. The molecule has 1 heteroatoms. The van der Waals surface area contributed by atoms with Gasteiger partial charge in [-0.05, 0) is 67.5 Å². The number of hydrogen-bond donors (Lipinski definition) is 0. The minimum Gasteiger partial charge on any atom is -0.457 e. The molecule has 1 nitrogen and oxygen atoms in total. The maximum atomic E-state index is 5.91. The molecule has 0 bridgehead atoms. The van der Waals surface area contributed by atoms with Crippen molar-refractivity contribution < 1.29 is 4.74 Å². The van der Waals surface area contributed by atoms with Gasteiger partial charge in [0.1, 0.15) is 11.5 Å². The Kier molecular flexibility index (Phi) is 3.86. The fourth-order valence-electron chi connectivity index (χ4n) is 3.27. The van der Waals surface area contributed by atoms with E-state index >= 15 is 0 Å². The molecule has 2 atom stereocenters. The second-order valence-corrected chi connectivity index (χ2v) is 6.84. The van der Waals surface area contributed by atoms with Crippen LogP contribution in [0.25, 0.3) is 0 Å². The number of ether oxygens (including phenoxy) is 1. The predicted octanol–water partition coefficient (Wildman–Crippen LogP) is 6.37. The molecule has 0 saturated heterocycles. The molecule has 0 N–H and O–H groups in total. The SMILES string of the molecule is Cc1ccc(Oc2ccc(C3CC3c3ccc(C)cc3)cc2)cc1. The first-order valence-electron chi connectivity index (χ1n) is 8.60. The van der Waals surface area contributed by atoms with Gasteiger partial charge in [0.15, 0.2) is 0 Å². The third kappa shape index (κ3) is 3.21. The van der Waals surface area contributed by atoms with Crippen LogP contribution in [0, 0.1) is 13.8 Å². The van der Waals surface area contributed by atoms with Crippen LogP contribution < -0.4 is 4.74 Å². The van der Waals surface area contributed by atoms with Crippen LogP contribution in [0.3, 0.4) is 0 Å². The van der Waals surface area contributed by atoms with Crippen LogP contribution in [0.5, 0.6) is 11.5 Å². The third-order valence-corrected chi connectivity index (χ3v) is 4.86. The second kappa shape index (κ2) is 6.16. The molecule has 1 aliphatic rings. The summed E-state index contributed by atoms with van der Waals surface area (Å²) in [6.45, 7) is 4.22. The van der Waals surface area contributed by atoms with E-state index in [1.807, 2.05) is 12.1 Å². The van der Waals surface area contributed by atoms with Gasteiger partial charge in [-0.25, -0.2) is 0 Å². The summed E-state index contributed by atoms with van der Waals surface area (Å²) in [5.41, 5.74) is 5.45. The molecule has 24 heavy (non-hydrogen) atoms. The first-order chi connectivity index (χ1) is 11.7. The van der Waals surface area contributed by atoms with Crippen molar-refractivity contribution in [3.05, 3.63) is 95.1 Å². The van der Waals surface area contributed by atoms with E-state index in [1.165, 1.54) is 28.7 Å². The Morgan fingerprint density at radius 1 is 0.583 bits per heavy atom. The molecule has 0 amide bonds. The van der Waals surface area contributed by atoms with Crippen LogP contribution in [0.15, 0.2) is 72.8 Å². The molecule has 0 heterocycles. The van der Waals surface area contributed by atoms with Crippen LogP contribution in [0.2, 0.25) is 0 Å². The number of benzene rings is 3. The zero-order valence-corrected chi connectivity index (χ0v) is 14.2. The van der Waals surface area contributed by atoms with Crippen molar-refractivity contribution in [2.75, 3.05) is 0 Å². The molecule has 3 aromatic carbocycles. The highest BCUT2D eigenvalue weighted by atomic mass is 16.5. The summed E-state index contributed by atoms with van der Waals surface area (Å²) in [5, 5.41) is 0. The highest BCUT2D eigenvalue weighted by molar-refractivity contribution is 5.40. The topological polar surface area (TPSA) is 9.23 Å². The Bertz CT molecular complexity index is 813. The average molecular weight is 314 g/mol. The van der Waals surface area contributed by atoms with Crippen LogP contribution in [0.1, 0.15) is 40.5 Å². The van der Waals surface area contributed by atoms with Crippen molar-refractivity contribution in [1.82, 2.24) is 0 Å². The van der Waals surface area contributed by atoms with Crippen molar-refractivity contribution in [3.8, 4) is 11.5 Å². The molecular formula is C23H22O. The second-order valence-electron chi connectivity index (χ2n) is 6.84. The van der Waals surface area contributed by atoms with Gasteiger partial charge in [-0.3, -0.25) is 0 Å². The zero-order chi connectivity index (χ0) is 16.5. The van der Waals surface area contributed by atoms with E-state index in [1.54, 1.807) is 0 Å². The predicted molar refractivity (Wildman–Crippen MR) is 99.0 cm³/mol. The quantitative estimate of drug-likeness (QED) is 0.544. The lowest BCUT2D eigenvalue weighted by Gasteiger charge is -2.07. The summed E-state index contributed by atoms with van der Waals surface area (Å²) in [4.78, 5) is 0. The molecule has 4 rings (SSSR count). The summed E-state index contributed by atoms with van der Waals surface area (Å²) in [5.74, 6) is 3.11. The Morgan fingerprint density at radius 2 is 0.958 bits per heavy atom. The number of rotatable bonds is 4. The molecule has 0 radical (unpaired) electrons. The molecule has 2 unspecified atom stereocenters. The summed E-state index contributed by atoms with van der Waals surface area (Å²) in [6.07, 6.45) is 1.25. The largest absolute Gasteiger partial charge is 0.457 e. The summed E-state index contributed by atoms with van der Waals surface area (Å²) in [6, 6.07) is 25.7. The van der Waals surface area contributed by atoms with E-state index < -0.39 is 0 Å². The van der Waals surface area contributed by atoms with Crippen molar-refractivity contribution >= 4 is 0 Å². The fourth-order valence-corrected chi connectivity index (χ4v) is 3.27. The van der Waals surface area contributed by atoms with Gasteiger partial charge < -0.3 is 4.74 Å². The van der Waals surface area contributed by atoms with E-state index in [0.29, 0.717) is 11.8 Å². The molecule has 120 valence electrons. The summed E-state index contributed by atoms with van der Waals surface area (Å²) in [7, 11) is 0. The molecule has 1 fully saturated rings. The van der Waals surface area contributed by atoms with Crippen LogP contribution >= 0.6 is 0 Å². The maximum Gasteiger partial charge on any atom is 0.127 e. The van der Waals surface area contributed by atoms with Crippen molar-refractivity contribution in [3.63, 3.8) is 0 Å². The van der Waals surface area contributed by atoms with Crippen molar-refractivity contribution in [2.24, 2.45) is 0 Å². The van der Waals surface area contributed by atoms with Gasteiger partial charge in [0, 0.05) is 0 Å². The van der Waals surface area contributed by atoms with E-state index in [4.69, 9.17) is 4.74 Å². The highest BCUT2D eigenvalue weighted by Crippen LogP contribution is 2.54. The first-order valence-corrected chi connectivity index (χ1v) is 8.60. The lowest BCUT2D eigenvalue weighted by molar-refractivity contribution is 0.482. The van der Waals surface area contributed by atoms with Gasteiger partial charge in [0.25, 0.3) is 0 Å². The lowest BCUT2D eigenvalue weighted by atomic mass is 10.0. The highest BCUT2D eigenvalue weighted by Gasteiger charge is 2.39. The van der Waals surface area contributed by atoms with E-state index in [-0.39, 0.29) is 0 Å². The van der Waals surface area contributed by atoms with E-state index in [2.05, 4.69) is 74.5 Å². The molecule has 0 spiro atoms. The normalized spacial score (nSPS) is 19.1. The molecular weight excluding hydrogens is 292 g/mol. The number of aryl methyl sites for hydroxylation is 2. The summed E-state index contributed by atoms with van der Waals surface area (Å²) >= 11 is 0.